The van der Waals surface area contributed by atoms with Crippen LogP contribution in [0.25, 0.3) is 0 Å². The Bertz CT molecular complexity index is 428. The number of nitrogens with zero attached hydrogens (tertiary/aromatic N) is 2. The average molecular weight is 253 g/mol. The topological polar surface area (TPSA) is 25.8 Å². The van der Waals surface area contributed by atoms with E-state index in [0.29, 0.717) is 5.88 Å². The molecule has 0 bridgehead atoms. The molecule has 0 unspecified atom stereocenters. The molecular formula is C12H13ClN2S. The molecule has 0 amide bonds. The number of hydrogen-bond donors (Lipinski definition) is 0. The first kappa shape index (κ1) is 11.6. The van der Waals surface area contributed by atoms with Crippen LogP contribution in [0.5, 0.6) is 0 Å². The maximum Gasteiger partial charge on any atom is 0.0972 e. The monoisotopic (exact) mass is 252 g/mol. The van der Waals surface area contributed by atoms with Crippen LogP contribution in [0, 0.1) is 0 Å². The zero-order valence-electron chi connectivity index (χ0n) is 8.90. The van der Waals surface area contributed by atoms with Crippen molar-refractivity contribution in [1.29, 1.82) is 0 Å². The normalized spacial score (nSPS) is 10.6. The van der Waals surface area contributed by atoms with E-state index in [2.05, 4.69) is 21.4 Å². The molecule has 2 rings (SSSR count). The number of rotatable bonds is 5. The van der Waals surface area contributed by atoms with Crippen molar-refractivity contribution in [2.45, 2.75) is 19.3 Å². The molecule has 0 atom stereocenters. The molecule has 84 valence electrons. The Kier molecular flexibility index (Phi) is 4.31. The maximum atomic E-state index is 5.66. The standard InChI is InChI=1S/C12H13ClN2S/c13-5-1-4-11-9-16-12(15-11)7-10-3-2-6-14-8-10/h2-3,6,8-9H,1,4-5,7H2. The molecule has 0 spiro atoms. The van der Waals surface area contributed by atoms with Crippen LogP contribution in [0.1, 0.15) is 22.7 Å². The molecule has 0 saturated carbocycles. The predicted molar refractivity (Wildman–Crippen MR) is 68.2 cm³/mol. The van der Waals surface area contributed by atoms with Gasteiger partial charge in [-0.3, -0.25) is 4.98 Å². The summed E-state index contributed by atoms with van der Waals surface area (Å²) in [5.74, 6) is 0.704. The minimum absolute atomic E-state index is 0.704. The molecule has 0 aliphatic heterocycles. The molecule has 0 fully saturated rings. The molecule has 2 aromatic heterocycles. The van der Waals surface area contributed by atoms with E-state index in [9.17, 15) is 0 Å². The van der Waals surface area contributed by atoms with Gasteiger partial charge in [0.05, 0.1) is 10.7 Å². The molecular weight excluding hydrogens is 240 g/mol. The molecule has 0 aliphatic carbocycles. The van der Waals surface area contributed by atoms with Crippen molar-refractivity contribution in [3.8, 4) is 0 Å². The summed E-state index contributed by atoms with van der Waals surface area (Å²) in [5, 5.41) is 3.27. The van der Waals surface area contributed by atoms with Gasteiger partial charge in [0, 0.05) is 30.1 Å². The van der Waals surface area contributed by atoms with E-state index >= 15 is 0 Å². The molecule has 2 aromatic rings. The number of aromatic nitrogens is 2. The summed E-state index contributed by atoms with van der Waals surface area (Å²) in [6.45, 7) is 0. The van der Waals surface area contributed by atoms with Crippen LogP contribution < -0.4 is 0 Å². The molecule has 0 aromatic carbocycles. The van der Waals surface area contributed by atoms with Gasteiger partial charge in [-0.05, 0) is 24.5 Å². The predicted octanol–water partition coefficient (Wildman–Crippen LogP) is 3.30. The van der Waals surface area contributed by atoms with E-state index < -0.39 is 0 Å². The number of aryl methyl sites for hydroxylation is 1. The van der Waals surface area contributed by atoms with E-state index in [1.54, 1.807) is 17.5 Å². The Hall–Kier alpha value is -0.930. The summed E-state index contributed by atoms with van der Waals surface area (Å²) in [5.41, 5.74) is 2.37. The Morgan fingerprint density at radius 3 is 3.06 bits per heavy atom. The largest absolute Gasteiger partial charge is 0.264 e. The van der Waals surface area contributed by atoms with Gasteiger partial charge >= 0.3 is 0 Å². The lowest BCUT2D eigenvalue weighted by atomic mass is 10.2. The molecule has 0 N–H and O–H groups in total. The maximum absolute atomic E-state index is 5.66. The van der Waals surface area contributed by atoms with Gasteiger partial charge < -0.3 is 0 Å². The highest BCUT2D eigenvalue weighted by Crippen LogP contribution is 2.15. The van der Waals surface area contributed by atoms with Crippen molar-refractivity contribution in [2.24, 2.45) is 0 Å². The van der Waals surface area contributed by atoms with Crippen LogP contribution in [-0.2, 0) is 12.8 Å². The fourth-order valence-electron chi connectivity index (χ4n) is 1.47. The quantitative estimate of drug-likeness (QED) is 0.763. The number of hydrogen-bond acceptors (Lipinski definition) is 3. The van der Waals surface area contributed by atoms with E-state index in [1.165, 1.54) is 5.56 Å². The van der Waals surface area contributed by atoms with Gasteiger partial charge in [0.15, 0.2) is 0 Å². The minimum atomic E-state index is 0.704. The third-order valence-corrected chi connectivity index (χ3v) is 3.41. The van der Waals surface area contributed by atoms with Gasteiger partial charge in [-0.15, -0.1) is 22.9 Å². The fourth-order valence-corrected chi connectivity index (χ4v) is 2.47. The van der Waals surface area contributed by atoms with Gasteiger partial charge in [-0.1, -0.05) is 6.07 Å². The van der Waals surface area contributed by atoms with Crippen molar-refractivity contribution in [3.05, 3.63) is 46.2 Å². The third-order valence-electron chi connectivity index (χ3n) is 2.24. The number of thiazole rings is 1. The van der Waals surface area contributed by atoms with Crippen LogP contribution in [0.4, 0.5) is 0 Å². The summed E-state index contributed by atoms with van der Waals surface area (Å²) < 4.78 is 0. The van der Waals surface area contributed by atoms with Crippen molar-refractivity contribution >= 4 is 22.9 Å². The zero-order chi connectivity index (χ0) is 11.2. The summed E-state index contributed by atoms with van der Waals surface area (Å²) in [4.78, 5) is 8.67. The first-order valence-corrected chi connectivity index (χ1v) is 6.68. The van der Waals surface area contributed by atoms with E-state index in [1.807, 2.05) is 12.3 Å². The summed E-state index contributed by atoms with van der Waals surface area (Å²) in [6, 6.07) is 4.03. The summed E-state index contributed by atoms with van der Waals surface area (Å²) in [7, 11) is 0. The van der Waals surface area contributed by atoms with Gasteiger partial charge in [-0.25, -0.2) is 4.98 Å². The van der Waals surface area contributed by atoms with Gasteiger partial charge in [-0.2, -0.15) is 0 Å². The molecule has 2 heterocycles. The van der Waals surface area contributed by atoms with Gasteiger partial charge in [0.25, 0.3) is 0 Å². The van der Waals surface area contributed by atoms with Crippen LogP contribution in [0.2, 0.25) is 0 Å². The lowest BCUT2D eigenvalue weighted by Crippen LogP contribution is -1.90. The van der Waals surface area contributed by atoms with Crippen LogP contribution in [-0.4, -0.2) is 15.8 Å². The lowest BCUT2D eigenvalue weighted by molar-refractivity contribution is 0.888. The van der Waals surface area contributed by atoms with E-state index in [-0.39, 0.29) is 0 Å². The molecule has 2 nitrogen and oxygen atoms in total. The van der Waals surface area contributed by atoms with Crippen LogP contribution >= 0.6 is 22.9 Å². The molecule has 0 radical (unpaired) electrons. The van der Waals surface area contributed by atoms with E-state index in [4.69, 9.17) is 11.6 Å². The molecule has 4 heteroatoms. The molecule has 16 heavy (non-hydrogen) atoms. The highest BCUT2D eigenvalue weighted by Gasteiger charge is 2.03. The first-order valence-electron chi connectivity index (χ1n) is 5.26. The third kappa shape index (κ3) is 3.29. The SMILES string of the molecule is ClCCCc1csc(Cc2cccnc2)n1. The second-order valence-electron chi connectivity index (χ2n) is 3.56. The van der Waals surface area contributed by atoms with Gasteiger partial charge in [0.2, 0.25) is 0 Å². The minimum Gasteiger partial charge on any atom is -0.264 e. The average Bonchev–Trinajstić information content (AvgIpc) is 2.75. The number of alkyl halides is 1. The first-order chi connectivity index (χ1) is 7.88. The Labute approximate surface area is 104 Å². The van der Waals surface area contributed by atoms with Crippen molar-refractivity contribution in [3.63, 3.8) is 0 Å². The smallest absolute Gasteiger partial charge is 0.0972 e. The summed E-state index contributed by atoms with van der Waals surface area (Å²) >= 11 is 7.37. The Morgan fingerprint density at radius 2 is 2.31 bits per heavy atom. The highest BCUT2D eigenvalue weighted by atomic mass is 35.5. The zero-order valence-corrected chi connectivity index (χ0v) is 10.5. The Balaban J connectivity index is 1.97. The van der Waals surface area contributed by atoms with Crippen LogP contribution in [0.3, 0.4) is 0 Å². The molecule has 0 saturated heterocycles. The van der Waals surface area contributed by atoms with Crippen molar-refractivity contribution < 1.29 is 0 Å². The second-order valence-corrected chi connectivity index (χ2v) is 4.88. The van der Waals surface area contributed by atoms with Crippen molar-refractivity contribution in [2.75, 3.05) is 5.88 Å². The summed E-state index contributed by atoms with van der Waals surface area (Å²) in [6.07, 6.45) is 6.53. The number of halogens is 1. The highest BCUT2D eigenvalue weighted by molar-refractivity contribution is 7.09. The van der Waals surface area contributed by atoms with Crippen molar-refractivity contribution in [1.82, 2.24) is 9.97 Å². The van der Waals surface area contributed by atoms with Gasteiger partial charge in [0.1, 0.15) is 0 Å². The number of pyridine rings is 1. The Morgan fingerprint density at radius 1 is 1.38 bits per heavy atom. The lowest BCUT2D eigenvalue weighted by Gasteiger charge is -1.95. The second kappa shape index (κ2) is 5.97. The van der Waals surface area contributed by atoms with E-state index in [0.717, 1.165) is 30.0 Å². The van der Waals surface area contributed by atoms with Crippen LogP contribution in [0.15, 0.2) is 29.9 Å². The fraction of sp³-hybridized carbons (Fsp3) is 0.333. The molecule has 0 aliphatic rings.